The monoisotopic (exact) mass is 337 g/mol. The molecule has 2 aromatic carbocycles. The molecule has 4 nitrogen and oxygen atoms in total. The maximum atomic E-state index is 12.9. The zero-order valence-corrected chi connectivity index (χ0v) is 14.4. The van der Waals surface area contributed by atoms with Crippen molar-refractivity contribution in [2.45, 2.75) is 18.7 Å². The molecule has 0 saturated heterocycles. The molecular formula is C19H19N3OS. The quantitative estimate of drug-likeness (QED) is 0.731. The molecule has 0 atom stereocenters. The summed E-state index contributed by atoms with van der Waals surface area (Å²) < 4.78 is 2.06. The van der Waals surface area contributed by atoms with E-state index in [-0.39, 0.29) is 5.91 Å². The second-order valence-corrected chi connectivity index (χ2v) is 6.83. The number of fused-ring (bicyclic) bond motifs is 2. The number of imidazole rings is 1. The Morgan fingerprint density at radius 1 is 1.17 bits per heavy atom. The van der Waals surface area contributed by atoms with Crippen LogP contribution in [0.1, 0.15) is 11.4 Å². The molecule has 5 heteroatoms. The molecule has 0 unspecified atom stereocenters. The van der Waals surface area contributed by atoms with Crippen molar-refractivity contribution in [1.82, 2.24) is 9.55 Å². The van der Waals surface area contributed by atoms with Crippen molar-refractivity contribution in [2.75, 3.05) is 17.7 Å². The minimum absolute atomic E-state index is 0.130. The molecule has 4 rings (SSSR count). The smallest absolute Gasteiger partial charge is 0.247 e. The van der Waals surface area contributed by atoms with Gasteiger partial charge in [0.2, 0.25) is 5.91 Å². The molecule has 1 aliphatic rings. The fraction of sp³-hybridized carbons (Fsp3) is 0.263. The summed E-state index contributed by atoms with van der Waals surface area (Å²) in [5, 5.41) is 0. The zero-order valence-electron chi connectivity index (χ0n) is 13.6. The van der Waals surface area contributed by atoms with Crippen molar-refractivity contribution >= 4 is 34.4 Å². The predicted octanol–water partition coefficient (Wildman–Crippen LogP) is 3.49. The minimum atomic E-state index is 0.130. The maximum absolute atomic E-state index is 12.9. The number of aromatic nitrogens is 2. The third-order valence-electron chi connectivity index (χ3n) is 4.49. The molecule has 0 N–H and O–H groups in total. The lowest BCUT2D eigenvalue weighted by molar-refractivity contribution is -0.119. The Balaban J connectivity index is 1.67. The molecule has 3 aromatic rings. The second kappa shape index (κ2) is 6.32. The highest BCUT2D eigenvalue weighted by atomic mass is 32.2. The summed E-state index contributed by atoms with van der Waals surface area (Å²) in [5.74, 6) is 1.90. The van der Waals surface area contributed by atoms with Gasteiger partial charge in [-0.2, -0.15) is 11.8 Å². The van der Waals surface area contributed by atoms with Crippen LogP contribution in [0.5, 0.6) is 0 Å². The van der Waals surface area contributed by atoms with E-state index in [0.717, 1.165) is 41.3 Å². The van der Waals surface area contributed by atoms with Crippen LogP contribution < -0.4 is 4.90 Å². The number of benzene rings is 2. The maximum Gasteiger partial charge on any atom is 0.247 e. The van der Waals surface area contributed by atoms with Crippen LogP contribution in [0, 0.1) is 0 Å². The highest BCUT2D eigenvalue weighted by Crippen LogP contribution is 2.28. The van der Waals surface area contributed by atoms with E-state index in [1.807, 2.05) is 47.4 Å². The summed E-state index contributed by atoms with van der Waals surface area (Å²) in [6.45, 7) is 1.10. The average molecular weight is 337 g/mol. The third-order valence-corrected chi connectivity index (χ3v) is 5.04. The Bertz CT molecular complexity index is 903. The van der Waals surface area contributed by atoms with Gasteiger partial charge in [-0.3, -0.25) is 4.79 Å². The second-order valence-electron chi connectivity index (χ2n) is 5.96. The summed E-state index contributed by atoms with van der Waals surface area (Å²) in [5.41, 5.74) is 4.29. The Kier molecular flexibility index (Phi) is 4.02. The van der Waals surface area contributed by atoms with Gasteiger partial charge in [-0.25, -0.2) is 4.98 Å². The van der Waals surface area contributed by atoms with E-state index in [0.29, 0.717) is 6.54 Å². The van der Waals surface area contributed by atoms with Crippen molar-refractivity contribution in [3.8, 4) is 0 Å². The van der Waals surface area contributed by atoms with Crippen molar-refractivity contribution in [3.63, 3.8) is 0 Å². The molecule has 24 heavy (non-hydrogen) atoms. The molecule has 2 heterocycles. The average Bonchev–Trinajstić information content (AvgIpc) is 3.17. The van der Waals surface area contributed by atoms with Crippen LogP contribution in [0.4, 0.5) is 5.69 Å². The molecule has 1 aromatic heterocycles. The number of para-hydroxylation sites is 3. The van der Waals surface area contributed by atoms with Crippen LogP contribution in [-0.2, 0) is 23.5 Å². The summed E-state index contributed by atoms with van der Waals surface area (Å²) >= 11 is 1.72. The fourth-order valence-electron chi connectivity index (χ4n) is 3.36. The lowest BCUT2D eigenvalue weighted by Gasteiger charge is -2.18. The first-order valence-corrected chi connectivity index (χ1v) is 9.48. The number of rotatable bonds is 4. The number of carbonyl (C=O) groups excluding carboxylic acids is 1. The van der Waals surface area contributed by atoms with Gasteiger partial charge in [0.05, 0.1) is 16.8 Å². The highest BCUT2D eigenvalue weighted by Gasteiger charge is 2.25. The summed E-state index contributed by atoms with van der Waals surface area (Å²) in [6, 6.07) is 16.2. The molecule has 0 fully saturated rings. The number of nitrogens with zero attached hydrogens (tertiary/aromatic N) is 3. The van der Waals surface area contributed by atoms with E-state index < -0.39 is 0 Å². The summed E-state index contributed by atoms with van der Waals surface area (Å²) in [7, 11) is 0. The SMILES string of the molecule is CSCc1nc2ccccc2n1CC(=O)N1CCc2ccccc21. The fourth-order valence-corrected chi connectivity index (χ4v) is 3.84. The van der Waals surface area contributed by atoms with Gasteiger partial charge in [-0.15, -0.1) is 0 Å². The first-order valence-electron chi connectivity index (χ1n) is 8.09. The van der Waals surface area contributed by atoms with Crippen molar-refractivity contribution in [2.24, 2.45) is 0 Å². The lowest BCUT2D eigenvalue weighted by atomic mass is 10.2. The normalized spacial score (nSPS) is 13.5. The molecule has 0 aliphatic carbocycles. The highest BCUT2D eigenvalue weighted by molar-refractivity contribution is 7.97. The molecule has 1 aliphatic heterocycles. The van der Waals surface area contributed by atoms with Crippen molar-refractivity contribution in [3.05, 3.63) is 59.9 Å². The van der Waals surface area contributed by atoms with E-state index in [4.69, 9.17) is 4.98 Å². The first kappa shape index (κ1) is 15.3. The molecule has 0 spiro atoms. The van der Waals surface area contributed by atoms with Crippen LogP contribution in [0.15, 0.2) is 48.5 Å². The number of carbonyl (C=O) groups is 1. The molecule has 0 radical (unpaired) electrons. The van der Waals surface area contributed by atoms with Crippen molar-refractivity contribution in [1.29, 1.82) is 0 Å². The van der Waals surface area contributed by atoms with E-state index >= 15 is 0 Å². The van der Waals surface area contributed by atoms with Crippen LogP contribution in [0.2, 0.25) is 0 Å². The van der Waals surface area contributed by atoms with Crippen LogP contribution in [0.25, 0.3) is 11.0 Å². The van der Waals surface area contributed by atoms with Gasteiger partial charge >= 0.3 is 0 Å². The molecule has 0 saturated carbocycles. The van der Waals surface area contributed by atoms with Gasteiger partial charge < -0.3 is 9.47 Å². The van der Waals surface area contributed by atoms with E-state index in [1.54, 1.807) is 11.8 Å². The number of thioether (sulfide) groups is 1. The Morgan fingerprint density at radius 3 is 2.83 bits per heavy atom. The Morgan fingerprint density at radius 2 is 1.96 bits per heavy atom. The van der Waals surface area contributed by atoms with Gasteiger partial charge in [0.1, 0.15) is 12.4 Å². The van der Waals surface area contributed by atoms with E-state index in [9.17, 15) is 4.79 Å². The number of hydrogen-bond acceptors (Lipinski definition) is 3. The molecular weight excluding hydrogens is 318 g/mol. The lowest BCUT2D eigenvalue weighted by Crippen LogP contribution is -2.32. The van der Waals surface area contributed by atoms with Gasteiger partial charge in [-0.05, 0) is 36.4 Å². The number of hydrogen-bond donors (Lipinski definition) is 0. The minimum Gasteiger partial charge on any atom is -0.318 e. The number of anilines is 1. The summed E-state index contributed by atoms with van der Waals surface area (Å²) in [6.07, 6.45) is 2.99. The van der Waals surface area contributed by atoms with E-state index in [1.165, 1.54) is 5.56 Å². The molecule has 122 valence electrons. The Labute approximate surface area is 145 Å². The Hall–Kier alpha value is -2.27. The van der Waals surface area contributed by atoms with Crippen molar-refractivity contribution < 1.29 is 4.79 Å². The first-order chi connectivity index (χ1) is 11.8. The standard InChI is InChI=1S/C19H19N3OS/c1-24-13-18-20-15-7-3-5-9-17(15)22(18)12-19(23)21-11-10-14-6-2-4-8-16(14)21/h2-9H,10-13H2,1H3. The van der Waals surface area contributed by atoms with Gasteiger partial charge in [-0.1, -0.05) is 30.3 Å². The zero-order chi connectivity index (χ0) is 16.5. The third kappa shape index (κ3) is 2.59. The predicted molar refractivity (Wildman–Crippen MR) is 99.5 cm³/mol. The van der Waals surface area contributed by atoms with Gasteiger partial charge in [0.25, 0.3) is 0 Å². The van der Waals surface area contributed by atoms with Crippen LogP contribution in [-0.4, -0.2) is 28.3 Å². The van der Waals surface area contributed by atoms with Gasteiger partial charge in [0, 0.05) is 12.2 Å². The van der Waals surface area contributed by atoms with E-state index in [2.05, 4.69) is 16.9 Å². The molecule has 0 bridgehead atoms. The topological polar surface area (TPSA) is 38.1 Å². The molecule has 1 amide bonds. The largest absolute Gasteiger partial charge is 0.318 e. The van der Waals surface area contributed by atoms with Gasteiger partial charge in [0.15, 0.2) is 0 Å². The van der Waals surface area contributed by atoms with Crippen LogP contribution in [0.3, 0.4) is 0 Å². The summed E-state index contributed by atoms with van der Waals surface area (Å²) in [4.78, 5) is 19.6. The number of amides is 1. The van der Waals surface area contributed by atoms with Crippen LogP contribution >= 0.6 is 11.8 Å².